The molecule has 2 heterocycles. The SMILES string of the molecule is Cc1ccc2c(c1)C(N1CCCN(C(=O)Nc3ccccc3F)CC1)=Nc1ccccc1O2. The van der Waals surface area contributed by atoms with Crippen molar-refractivity contribution in [3.8, 4) is 11.5 Å². The summed E-state index contributed by atoms with van der Waals surface area (Å²) in [5, 5.41) is 2.69. The van der Waals surface area contributed by atoms with Crippen molar-refractivity contribution in [1.29, 1.82) is 0 Å². The van der Waals surface area contributed by atoms with E-state index in [1.165, 1.54) is 6.07 Å². The molecule has 0 atom stereocenters. The van der Waals surface area contributed by atoms with Crippen molar-refractivity contribution in [3.05, 3.63) is 83.7 Å². The monoisotopic (exact) mass is 444 g/mol. The average molecular weight is 445 g/mol. The zero-order chi connectivity index (χ0) is 22.8. The molecule has 6 nitrogen and oxygen atoms in total. The largest absolute Gasteiger partial charge is 0.454 e. The van der Waals surface area contributed by atoms with E-state index in [1.54, 1.807) is 23.1 Å². The first-order valence-electron chi connectivity index (χ1n) is 11.1. The van der Waals surface area contributed by atoms with Gasteiger partial charge in [-0.2, -0.15) is 0 Å². The van der Waals surface area contributed by atoms with Crippen LogP contribution in [0.3, 0.4) is 0 Å². The zero-order valence-electron chi connectivity index (χ0n) is 18.4. The maximum Gasteiger partial charge on any atom is 0.321 e. The lowest BCUT2D eigenvalue weighted by Gasteiger charge is -2.25. The van der Waals surface area contributed by atoms with Crippen LogP contribution < -0.4 is 10.1 Å². The first-order valence-corrected chi connectivity index (χ1v) is 11.1. The lowest BCUT2D eigenvalue weighted by atomic mass is 10.1. The molecule has 0 spiro atoms. The summed E-state index contributed by atoms with van der Waals surface area (Å²) in [6.07, 6.45) is 0.771. The zero-order valence-corrected chi connectivity index (χ0v) is 18.4. The van der Waals surface area contributed by atoms with Crippen molar-refractivity contribution in [2.75, 3.05) is 31.5 Å². The number of benzene rings is 3. The Hall–Kier alpha value is -3.87. The van der Waals surface area contributed by atoms with Crippen LogP contribution in [0.1, 0.15) is 17.5 Å². The highest BCUT2D eigenvalue weighted by molar-refractivity contribution is 6.04. The molecule has 168 valence electrons. The third-order valence-electron chi connectivity index (χ3n) is 5.89. The highest BCUT2D eigenvalue weighted by Crippen LogP contribution is 2.38. The molecule has 3 aromatic carbocycles. The molecule has 1 fully saturated rings. The number of carbonyl (C=O) groups excluding carboxylic acids is 1. The van der Waals surface area contributed by atoms with Crippen molar-refractivity contribution in [2.24, 2.45) is 4.99 Å². The van der Waals surface area contributed by atoms with E-state index in [9.17, 15) is 9.18 Å². The van der Waals surface area contributed by atoms with Gasteiger partial charge in [-0.05, 0) is 49.7 Å². The van der Waals surface area contributed by atoms with E-state index in [1.807, 2.05) is 43.3 Å². The van der Waals surface area contributed by atoms with Gasteiger partial charge in [-0.15, -0.1) is 0 Å². The molecule has 33 heavy (non-hydrogen) atoms. The van der Waals surface area contributed by atoms with Gasteiger partial charge >= 0.3 is 6.03 Å². The van der Waals surface area contributed by atoms with Crippen LogP contribution in [0.2, 0.25) is 0 Å². The Balaban J connectivity index is 1.39. The van der Waals surface area contributed by atoms with E-state index in [4.69, 9.17) is 9.73 Å². The summed E-state index contributed by atoms with van der Waals surface area (Å²) < 4.78 is 20.2. The lowest BCUT2D eigenvalue weighted by molar-refractivity contribution is 0.214. The van der Waals surface area contributed by atoms with Gasteiger partial charge in [0, 0.05) is 26.2 Å². The van der Waals surface area contributed by atoms with Crippen molar-refractivity contribution in [2.45, 2.75) is 13.3 Å². The Morgan fingerprint density at radius 2 is 1.79 bits per heavy atom. The van der Waals surface area contributed by atoms with Gasteiger partial charge in [0.15, 0.2) is 5.75 Å². The predicted octanol–water partition coefficient (Wildman–Crippen LogP) is 5.56. The molecule has 2 aliphatic heterocycles. The molecular weight excluding hydrogens is 419 g/mol. The summed E-state index contributed by atoms with van der Waals surface area (Å²) in [6.45, 7) is 4.49. The topological polar surface area (TPSA) is 57.2 Å². The Labute approximate surface area is 192 Å². The number of amidine groups is 1. The minimum Gasteiger partial charge on any atom is -0.454 e. The minimum atomic E-state index is -0.444. The average Bonchev–Trinajstić information content (AvgIpc) is 3.15. The van der Waals surface area contributed by atoms with Crippen LogP contribution in [0.4, 0.5) is 20.6 Å². The van der Waals surface area contributed by atoms with E-state index < -0.39 is 5.82 Å². The fourth-order valence-electron chi connectivity index (χ4n) is 4.17. The summed E-state index contributed by atoms with van der Waals surface area (Å²) in [5.41, 5.74) is 3.03. The smallest absolute Gasteiger partial charge is 0.321 e. The molecule has 0 bridgehead atoms. The molecular formula is C26H25FN4O2. The van der Waals surface area contributed by atoms with Crippen molar-refractivity contribution in [3.63, 3.8) is 0 Å². The molecule has 2 aliphatic rings. The molecule has 1 N–H and O–H groups in total. The number of hydrogen-bond donors (Lipinski definition) is 1. The number of aliphatic imine (C=N–C) groups is 1. The standard InChI is InChI=1S/C26H25FN4O2/c1-18-11-12-23-19(17-18)25(28-22-9-4-5-10-24(22)33-23)30-13-6-14-31(16-15-30)26(32)29-21-8-3-2-7-20(21)27/h2-5,7-12,17H,6,13-16H2,1H3,(H,29,32). The third kappa shape index (κ3) is 4.39. The molecule has 0 aromatic heterocycles. The maximum absolute atomic E-state index is 14.0. The number of rotatable bonds is 1. The quantitative estimate of drug-likeness (QED) is 0.535. The highest BCUT2D eigenvalue weighted by Gasteiger charge is 2.26. The molecule has 7 heteroatoms. The lowest BCUT2D eigenvalue weighted by Crippen LogP contribution is -2.39. The third-order valence-corrected chi connectivity index (χ3v) is 5.89. The van der Waals surface area contributed by atoms with Gasteiger partial charge in [0.05, 0.1) is 11.3 Å². The minimum absolute atomic E-state index is 0.190. The second-order valence-corrected chi connectivity index (χ2v) is 8.24. The van der Waals surface area contributed by atoms with Gasteiger partial charge in [0.1, 0.15) is 23.1 Å². The van der Waals surface area contributed by atoms with E-state index in [0.717, 1.165) is 47.1 Å². The van der Waals surface area contributed by atoms with E-state index in [0.29, 0.717) is 19.6 Å². The number of para-hydroxylation sites is 3. The fraction of sp³-hybridized carbons (Fsp3) is 0.231. The first-order chi connectivity index (χ1) is 16.1. The molecule has 1 saturated heterocycles. The number of amides is 2. The number of halogens is 1. The van der Waals surface area contributed by atoms with Gasteiger partial charge in [-0.3, -0.25) is 0 Å². The summed E-state index contributed by atoms with van der Waals surface area (Å²) >= 11 is 0. The van der Waals surface area contributed by atoms with Crippen molar-refractivity contribution in [1.82, 2.24) is 9.80 Å². The number of fused-ring (bicyclic) bond motifs is 2. The number of urea groups is 1. The molecule has 3 aromatic rings. The molecule has 0 saturated carbocycles. The van der Waals surface area contributed by atoms with Crippen LogP contribution in [0.15, 0.2) is 71.7 Å². The number of nitrogens with one attached hydrogen (secondary N) is 1. The number of nitrogens with zero attached hydrogens (tertiary/aromatic N) is 3. The number of anilines is 1. The number of hydrogen-bond acceptors (Lipinski definition) is 4. The summed E-state index contributed by atoms with van der Waals surface area (Å²) in [6, 6.07) is 19.8. The van der Waals surface area contributed by atoms with Crippen LogP contribution >= 0.6 is 0 Å². The van der Waals surface area contributed by atoms with Gasteiger partial charge in [-0.1, -0.05) is 35.9 Å². The number of carbonyl (C=O) groups is 1. The number of aryl methyl sites for hydroxylation is 1. The predicted molar refractivity (Wildman–Crippen MR) is 127 cm³/mol. The summed E-state index contributed by atoms with van der Waals surface area (Å²) in [7, 11) is 0. The first kappa shape index (κ1) is 21.0. The Kier molecular flexibility index (Phi) is 5.69. The van der Waals surface area contributed by atoms with Crippen LogP contribution in [-0.2, 0) is 0 Å². The van der Waals surface area contributed by atoms with Gasteiger partial charge in [-0.25, -0.2) is 14.2 Å². The number of ether oxygens (including phenoxy) is 1. The summed E-state index contributed by atoms with van der Waals surface area (Å²) in [4.78, 5) is 21.7. The second-order valence-electron chi connectivity index (χ2n) is 8.24. The summed E-state index contributed by atoms with van der Waals surface area (Å²) in [5.74, 6) is 1.89. The molecule has 5 rings (SSSR count). The fourth-order valence-corrected chi connectivity index (χ4v) is 4.17. The van der Waals surface area contributed by atoms with E-state index in [2.05, 4.69) is 16.3 Å². The Morgan fingerprint density at radius 1 is 0.970 bits per heavy atom. The Bertz CT molecular complexity index is 1230. The molecule has 0 aliphatic carbocycles. The molecule has 0 radical (unpaired) electrons. The van der Waals surface area contributed by atoms with Crippen molar-refractivity contribution >= 4 is 23.2 Å². The second kappa shape index (κ2) is 8.94. The van der Waals surface area contributed by atoms with E-state index in [-0.39, 0.29) is 11.7 Å². The van der Waals surface area contributed by atoms with Gasteiger partial charge < -0.3 is 19.9 Å². The maximum atomic E-state index is 14.0. The van der Waals surface area contributed by atoms with Gasteiger partial charge in [0.25, 0.3) is 0 Å². The van der Waals surface area contributed by atoms with Crippen molar-refractivity contribution < 1.29 is 13.9 Å². The van der Waals surface area contributed by atoms with Crippen LogP contribution in [-0.4, -0.2) is 47.8 Å². The normalized spacial score (nSPS) is 15.4. The Morgan fingerprint density at radius 3 is 2.67 bits per heavy atom. The molecule has 2 amide bonds. The van der Waals surface area contributed by atoms with Crippen LogP contribution in [0.5, 0.6) is 11.5 Å². The van der Waals surface area contributed by atoms with Crippen LogP contribution in [0, 0.1) is 12.7 Å². The molecule has 0 unspecified atom stereocenters. The highest BCUT2D eigenvalue weighted by atomic mass is 19.1. The van der Waals surface area contributed by atoms with Gasteiger partial charge in [0.2, 0.25) is 0 Å². The van der Waals surface area contributed by atoms with Crippen LogP contribution in [0.25, 0.3) is 0 Å². The van der Waals surface area contributed by atoms with E-state index >= 15 is 0 Å².